The van der Waals surface area contributed by atoms with E-state index in [1.54, 1.807) is 9.80 Å². The van der Waals surface area contributed by atoms with E-state index in [-0.39, 0.29) is 74.8 Å². The molecule has 1 aliphatic heterocycles. The maximum absolute atomic E-state index is 15.9. The predicted molar refractivity (Wildman–Crippen MR) is 159 cm³/mol. The van der Waals surface area contributed by atoms with Crippen LogP contribution in [0.15, 0.2) is 58.9 Å². The van der Waals surface area contributed by atoms with Crippen LogP contribution in [-0.2, 0) is 14.6 Å². The summed E-state index contributed by atoms with van der Waals surface area (Å²) in [6.45, 7) is 9.23. The van der Waals surface area contributed by atoms with Crippen LogP contribution < -0.4 is 10.6 Å². The number of benzene rings is 1. The molecule has 1 saturated heterocycles. The Morgan fingerprint density at radius 3 is 2.40 bits per heavy atom. The quantitative estimate of drug-likeness (QED) is 0.303. The topological polar surface area (TPSA) is 118 Å². The Hall–Kier alpha value is -4.23. The van der Waals surface area contributed by atoms with Crippen LogP contribution in [0.3, 0.4) is 0 Å². The molecule has 224 valence electrons. The number of sulfone groups is 1. The van der Waals surface area contributed by atoms with Gasteiger partial charge >= 0.3 is 5.69 Å². The largest absolute Gasteiger partial charge is 0.355 e. The third-order valence-electron chi connectivity index (χ3n) is 7.34. The summed E-state index contributed by atoms with van der Waals surface area (Å²) in [5.74, 6) is -1.98. The number of aromatic nitrogens is 4. The Bertz CT molecular complexity index is 1950. The Morgan fingerprint density at radius 2 is 1.79 bits per heavy atom. The van der Waals surface area contributed by atoms with Gasteiger partial charge in [0.25, 0.3) is 0 Å². The monoisotopic (exact) mass is 628 g/mol. The number of anilines is 1. The van der Waals surface area contributed by atoms with Crippen molar-refractivity contribution in [2.45, 2.75) is 37.8 Å². The van der Waals surface area contributed by atoms with Gasteiger partial charge in [0.1, 0.15) is 17.3 Å². The second-order valence-electron chi connectivity index (χ2n) is 10.4. The van der Waals surface area contributed by atoms with Crippen molar-refractivity contribution in [3.05, 3.63) is 82.0 Å². The van der Waals surface area contributed by atoms with E-state index in [0.717, 1.165) is 23.0 Å². The molecule has 0 N–H and O–H groups in total. The molecular formula is C29H27ClF2N6O4S. The number of nitrogens with zero attached hydrogens (tertiary/aromatic N) is 6. The first-order valence-corrected chi connectivity index (χ1v) is 15.4. The number of aryl methyl sites for hydroxylation is 1. The van der Waals surface area contributed by atoms with E-state index in [4.69, 9.17) is 11.6 Å². The molecule has 0 aliphatic carbocycles. The van der Waals surface area contributed by atoms with Gasteiger partial charge in [-0.15, -0.1) is 0 Å². The molecule has 1 amide bonds. The number of hydrogen-bond donors (Lipinski definition) is 0. The van der Waals surface area contributed by atoms with E-state index in [2.05, 4.69) is 21.5 Å². The molecule has 0 spiro atoms. The van der Waals surface area contributed by atoms with Crippen LogP contribution in [0.25, 0.3) is 28.0 Å². The summed E-state index contributed by atoms with van der Waals surface area (Å²) < 4.78 is 57.5. The molecule has 0 unspecified atom stereocenters. The molecular weight excluding hydrogens is 602 g/mol. The molecule has 5 rings (SSSR count). The Kier molecular flexibility index (Phi) is 7.82. The highest BCUT2D eigenvalue weighted by Gasteiger charge is 2.35. The van der Waals surface area contributed by atoms with Crippen LogP contribution >= 0.6 is 11.6 Å². The van der Waals surface area contributed by atoms with E-state index in [0.29, 0.717) is 0 Å². The lowest BCUT2D eigenvalue weighted by Crippen LogP contribution is -2.58. The Morgan fingerprint density at radius 1 is 1.12 bits per heavy atom. The number of rotatable bonds is 5. The highest BCUT2D eigenvalue weighted by Crippen LogP contribution is 2.36. The summed E-state index contributed by atoms with van der Waals surface area (Å²) in [5.41, 5.74) is -1.87. The third-order valence-corrected chi connectivity index (χ3v) is 8.79. The van der Waals surface area contributed by atoms with Crippen molar-refractivity contribution >= 4 is 44.2 Å². The average molecular weight is 629 g/mol. The molecule has 3 aromatic heterocycles. The first kappa shape index (κ1) is 30.2. The van der Waals surface area contributed by atoms with Crippen molar-refractivity contribution in [1.82, 2.24) is 24.4 Å². The van der Waals surface area contributed by atoms with Crippen molar-refractivity contribution in [3.8, 4) is 16.9 Å². The van der Waals surface area contributed by atoms with Crippen LogP contribution in [0.5, 0.6) is 0 Å². The van der Waals surface area contributed by atoms with Gasteiger partial charge < -0.3 is 9.80 Å². The first-order valence-electron chi connectivity index (χ1n) is 13.2. The van der Waals surface area contributed by atoms with Gasteiger partial charge in [-0.2, -0.15) is 4.98 Å². The average Bonchev–Trinajstić information content (AvgIpc) is 2.92. The van der Waals surface area contributed by atoms with E-state index in [9.17, 15) is 22.4 Å². The standard InChI is InChI=1S/C29H27ClF2N6O4S/c1-6-23(39)36-13-15(2)37(16(3)14-36)28-18-12-21(32)25(24-19(30)8-7-9-20(24)31)34-27(18)38(29(40)35-28)26-17(4)33-11-10-22(26)43(5,41)42/h6-12,15-16H,1,13-14H2,2-5H3/t15-,16+. The Labute approximate surface area is 251 Å². The van der Waals surface area contributed by atoms with Crippen molar-refractivity contribution in [2.24, 2.45) is 0 Å². The fourth-order valence-corrected chi connectivity index (χ4v) is 6.71. The molecule has 43 heavy (non-hydrogen) atoms. The predicted octanol–water partition coefficient (Wildman–Crippen LogP) is 4.10. The van der Waals surface area contributed by atoms with Crippen LogP contribution in [0.1, 0.15) is 19.5 Å². The second-order valence-corrected chi connectivity index (χ2v) is 12.8. The zero-order valence-corrected chi connectivity index (χ0v) is 25.2. The summed E-state index contributed by atoms with van der Waals surface area (Å²) in [6, 6.07) is 5.37. The number of halogens is 3. The van der Waals surface area contributed by atoms with Gasteiger partial charge in [0.15, 0.2) is 21.3 Å². The number of pyridine rings is 2. The van der Waals surface area contributed by atoms with E-state index < -0.39 is 32.9 Å². The first-order chi connectivity index (χ1) is 20.2. The summed E-state index contributed by atoms with van der Waals surface area (Å²) in [5, 5.41) is -0.0632. The molecule has 14 heteroatoms. The Balaban J connectivity index is 1.89. The molecule has 4 heterocycles. The third kappa shape index (κ3) is 5.27. The second kappa shape index (κ2) is 11.1. The van der Waals surface area contributed by atoms with Gasteiger partial charge in [-0.1, -0.05) is 24.2 Å². The molecule has 1 fully saturated rings. The summed E-state index contributed by atoms with van der Waals surface area (Å²) in [6.07, 6.45) is 3.48. The fraction of sp³-hybridized carbons (Fsp3) is 0.276. The van der Waals surface area contributed by atoms with E-state index in [1.807, 2.05) is 13.8 Å². The molecule has 0 saturated carbocycles. The number of amides is 1. The molecule has 2 atom stereocenters. The van der Waals surface area contributed by atoms with E-state index >= 15 is 4.39 Å². The van der Waals surface area contributed by atoms with Crippen LogP contribution in [-0.4, -0.2) is 70.2 Å². The van der Waals surface area contributed by atoms with Crippen LogP contribution in [0.4, 0.5) is 14.6 Å². The summed E-state index contributed by atoms with van der Waals surface area (Å²) in [7, 11) is -3.90. The van der Waals surface area contributed by atoms with Crippen LogP contribution in [0, 0.1) is 18.6 Å². The van der Waals surface area contributed by atoms with Crippen molar-refractivity contribution < 1.29 is 22.0 Å². The van der Waals surface area contributed by atoms with Crippen molar-refractivity contribution in [2.75, 3.05) is 24.2 Å². The highest BCUT2D eigenvalue weighted by molar-refractivity contribution is 7.90. The SMILES string of the molecule is C=CC(=O)N1C[C@@H](C)N(c2nc(=O)n(-c3c(S(C)(=O)=O)ccnc3C)c3nc(-c4c(F)cccc4Cl)c(F)cc23)[C@@H](C)C1. The summed E-state index contributed by atoms with van der Waals surface area (Å²) >= 11 is 6.26. The molecule has 1 aromatic carbocycles. The number of fused-ring (bicyclic) bond motifs is 1. The minimum atomic E-state index is -3.90. The highest BCUT2D eigenvalue weighted by atomic mass is 35.5. The number of carbonyl (C=O) groups is 1. The maximum Gasteiger partial charge on any atom is 0.355 e. The molecule has 4 aromatic rings. The molecule has 0 radical (unpaired) electrons. The zero-order chi connectivity index (χ0) is 31.4. The normalized spacial score (nSPS) is 17.4. The van der Waals surface area contributed by atoms with Crippen molar-refractivity contribution in [3.63, 3.8) is 0 Å². The lowest BCUT2D eigenvalue weighted by atomic mass is 10.1. The molecule has 0 bridgehead atoms. The maximum atomic E-state index is 15.9. The lowest BCUT2D eigenvalue weighted by Gasteiger charge is -2.45. The fourth-order valence-electron chi connectivity index (χ4n) is 5.56. The minimum absolute atomic E-state index is 0.0539. The molecule has 10 nitrogen and oxygen atoms in total. The van der Waals surface area contributed by atoms with Gasteiger partial charge in [-0.3, -0.25) is 9.78 Å². The van der Waals surface area contributed by atoms with Gasteiger partial charge in [0, 0.05) is 37.6 Å². The summed E-state index contributed by atoms with van der Waals surface area (Å²) in [4.78, 5) is 42.4. The minimum Gasteiger partial charge on any atom is -0.347 e. The van der Waals surface area contributed by atoms with Crippen molar-refractivity contribution in [1.29, 1.82) is 0 Å². The molecule has 1 aliphatic rings. The number of piperazine rings is 1. The lowest BCUT2D eigenvalue weighted by molar-refractivity contribution is -0.127. The van der Waals surface area contributed by atoms with E-state index in [1.165, 1.54) is 37.4 Å². The van der Waals surface area contributed by atoms with Gasteiger partial charge in [-0.05, 0) is 51.1 Å². The smallest absolute Gasteiger partial charge is 0.347 e. The number of hydrogen-bond acceptors (Lipinski definition) is 8. The van der Waals surface area contributed by atoms with Gasteiger partial charge in [0.05, 0.1) is 32.2 Å². The van der Waals surface area contributed by atoms with Gasteiger partial charge in [0.2, 0.25) is 5.91 Å². The van der Waals surface area contributed by atoms with Gasteiger partial charge in [-0.25, -0.2) is 31.5 Å². The zero-order valence-electron chi connectivity index (χ0n) is 23.7. The van der Waals surface area contributed by atoms with Crippen LogP contribution in [0.2, 0.25) is 5.02 Å². The number of carbonyl (C=O) groups excluding carboxylic acids is 1.